The first-order valence-corrected chi connectivity index (χ1v) is 8.04. The number of hydrogen-bond acceptors (Lipinski definition) is 2. The van der Waals surface area contributed by atoms with Crippen molar-refractivity contribution < 1.29 is 0 Å². The Balaban J connectivity index is 1.86. The maximum Gasteiger partial charge on any atom is 0.171 e. The average Bonchev–Trinajstić information content (AvgIpc) is 2.84. The number of nitrogens with one attached hydrogen (secondary N) is 2. The summed E-state index contributed by atoms with van der Waals surface area (Å²) in [5.74, 6) is 0.589. The fraction of sp³-hybridized carbons (Fsp3) is 0.412. The maximum atomic E-state index is 5.33. The van der Waals surface area contributed by atoms with Gasteiger partial charge < -0.3 is 10.6 Å². The van der Waals surface area contributed by atoms with Crippen LogP contribution in [0, 0.1) is 6.92 Å². The van der Waals surface area contributed by atoms with E-state index >= 15 is 0 Å². The Hall–Kier alpha value is -1.88. The maximum absolute atomic E-state index is 5.33. The van der Waals surface area contributed by atoms with Gasteiger partial charge in [-0.15, -0.1) is 0 Å². The largest absolute Gasteiger partial charge is 0.357 e. The van der Waals surface area contributed by atoms with Crippen molar-refractivity contribution >= 4 is 23.0 Å². The summed E-state index contributed by atoms with van der Waals surface area (Å²) in [7, 11) is 1.94. The fourth-order valence-corrected chi connectivity index (χ4v) is 2.39. The predicted octanol–water partition coefficient (Wildman–Crippen LogP) is 3.73. The molecule has 0 fully saturated rings. The van der Waals surface area contributed by atoms with Crippen molar-refractivity contribution in [2.75, 3.05) is 5.32 Å². The van der Waals surface area contributed by atoms with E-state index in [2.05, 4.69) is 59.9 Å². The molecule has 0 aliphatic heterocycles. The van der Waals surface area contributed by atoms with Gasteiger partial charge >= 0.3 is 0 Å². The first-order valence-electron chi connectivity index (χ1n) is 7.64. The zero-order valence-electron chi connectivity index (χ0n) is 13.7. The third-order valence-corrected chi connectivity index (χ3v) is 4.19. The number of nitrogens with zero attached hydrogens (tertiary/aromatic N) is 2. The minimum Gasteiger partial charge on any atom is -0.357 e. The minimum atomic E-state index is 0.589. The lowest BCUT2D eigenvalue weighted by molar-refractivity contribution is 0.712. The summed E-state index contributed by atoms with van der Waals surface area (Å²) in [5.41, 5.74) is 4.48. The first-order chi connectivity index (χ1) is 10.5. The number of aromatic nitrogens is 2. The SMILES string of the molecule is CC[C@H](C)c1ccc(NC(=S)NCc2cc(C)n(C)n2)cc1. The Morgan fingerprint density at radius 2 is 2.00 bits per heavy atom. The topological polar surface area (TPSA) is 41.9 Å². The van der Waals surface area contributed by atoms with Gasteiger partial charge in [0, 0.05) is 18.4 Å². The van der Waals surface area contributed by atoms with Gasteiger partial charge in [-0.3, -0.25) is 4.68 Å². The van der Waals surface area contributed by atoms with Crippen molar-refractivity contribution in [2.45, 2.75) is 39.7 Å². The number of anilines is 1. The van der Waals surface area contributed by atoms with Gasteiger partial charge in [0.2, 0.25) is 0 Å². The number of rotatable bonds is 5. The van der Waals surface area contributed by atoms with Crippen molar-refractivity contribution in [3.8, 4) is 0 Å². The Morgan fingerprint density at radius 3 is 2.55 bits per heavy atom. The molecular formula is C17H24N4S. The van der Waals surface area contributed by atoms with Crippen molar-refractivity contribution in [1.82, 2.24) is 15.1 Å². The van der Waals surface area contributed by atoms with Crippen LogP contribution in [0.5, 0.6) is 0 Å². The van der Waals surface area contributed by atoms with Crippen LogP contribution < -0.4 is 10.6 Å². The molecule has 22 heavy (non-hydrogen) atoms. The molecule has 0 aliphatic rings. The molecule has 118 valence electrons. The van der Waals surface area contributed by atoms with Crippen LogP contribution >= 0.6 is 12.2 Å². The van der Waals surface area contributed by atoms with Crippen LogP contribution in [0.4, 0.5) is 5.69 Å². The lowest BCUT2D eigenvalue weighted by Gasteiger charge is -2.12. The van der Waals surface area contributed by atoms with Crippen molar-refractivity contribution in [3.63, 3.8) is 0 Å². The fourth-order valence-electron chi connectivity index (χ4n) is 2.20. The quantitative estimate of drug-likeness (QED) is 0.825. The molecule has 1 heterocycles. The molecule has 2 aromatic rings. The van der Waals surface area contributed by atoms with Crippen molar-refractivity contribution in [3.05, 3.63) is 47.3 Å². The van der Waals surface area contributed by atoms with E-state index in [0.717, 1.165) is 23.5 Å². The average molecular weight is 316 g/mol. The lowest BCUT2D eigenvalue weighted by Crippen LogP contribution is -2.28. The summed E-state index contributed by atoms with van der Waals surface area (Å²) in [4.78, 5) is 0. The molecule has 0 radical (unpaired) electrons. The predicted molar refractivity (Wildman–Crippen MR) is 96.2 cm³/mol. The van der Waals surface area contributed by atoms with Gasteiger partial charge in [-0.05, 0) is 55.2 Å². The normalized spacial score (nSPS) is 12.0. The summed E-state index contributed by atoms with van der Waals surface area (Å²) in [6.45, 7) is 7.10. The molecule has 1 atom stereocenters. The van der Waals surface area contributed by atoms with Gasteiger partial charge in [-0.2, -0.15) is 5.10 Å². The molecule has 0 spiro atoms. The zero-order valence-corrected chi connectivity index (χ0v) is 14.5. The number of thiocarbonyl (C=S) groups is 1. The highest BCUT2D eigenvalue weighted by Crippen LogP contribution is 2.20. The van der Waals surface area contributed by atoms with E-state index in [1.165, 1.54) is 5.56 Å². The standard InChI is InChI=1S/C17H24N4S/c1-5-12(2)14-6-8-15(9-7-14)19-17(22)18-11-16-10-13(3)21(4)20-16/h6-10,12H,5,11H2,1-4H3,(H2,18,19,22)/t12-/m0/s1. The number of benzene rings is 1. The van der Waals surface area contributed by atoms with E-state index in [1.54, 1.807) is 0 Å². The van der Waals surface area contributed by atoms with Crippen LogP contribution in [-0.4, -0.2) is 14.9 Å². The molecule has 0 unspecified atom stereocenters. The van der Waals surface area contributed by atoms with E-state index in [-0.39, 0.29) is 0 Å². The Labute approximate surface area is 137 Å². The van der Waals surface area contributed by atoms with Crippen LogP contribution in [-0.2, 0) is 13.6 Å². The third kappa shape index (κ3) is 4.31. The highest BCUT2D eigenvalue weighted by Gasteiger charge is 2.04. The van der Waals surface area contributed by atoms with Crippen molar-refractivity contribution in [2.24, 2.45) is 7.05 Å². The molecule has 2 rings (SSSR count). The highest BCUT2D eigenvalue weighted by molar-refractivity contribution is 7.80. The highest BCUT2D eigenvalue weighted by atomic mass is 32.1. The Morgan fingerprint density at radius 1 is 1.32 bits per heavy atom. The molecule has 1 aromatic heterocycles. The summed E-state index contributed by atoms with van der Waals surface area (Å²) in [6, 6.07) is 10.5. The lowest BCUT2D eigenvalue weighted by atomic mass is 9.99. The summed E-state index contributed by atoms with van der Waals surface area (Å²) >= 11 is 5.33. The Kier molecular flexibility index (Phi) is 5.55. The zero-order chi connectivity index (χ0) is 16.1. The van der Waals surface area contributed by atoms with Crippen LogP contribution in [0.15, 0.2) is 30.3 Å². The molecule has 0 aliphatic carbocycles. The summed E-state index contributed by atoms with van der Waals surface area (Å²) in [5, 5.41) is 11.4. The van der Waals surface area contributed by atoms with Crippen molar-refractivity contribution in [1.29, 1.82) is 0 Å². The molecular weight excluding hydrogens is 292 g/mol. The molecule has 0 bridgehead atoms. The van der Waals surface area contributed by atoms with Gasteiger partial charge in [0.25, 0.3) is 0 Å². The summed E-state index contributed by atoms with van der Waals surface area (Å²) < 4.78 is 1.86. The number of hydrogen-bond donors (Lipinski definition) is 2. The van der Waals surface area contributed by atoms with Crippen LogP contribution in [0.3, 0.4) is 0 Å². The van der Waals surface area contributed by atoms with Crippen LogP contribution in [0.2, 0.25) is 0 Å². The Bertz CT molecular complexity index is 611. The molecule has 2 N–H and O–H groups in total. The second-order valence-corrected chi connectivity index (χ2v) is 6.05. The molecule has 4 nitrogen and oxygen atoms in total. The van der Waals surface area contributed by atoms with E-state index < -0.39 is 0 Å². The summed E-state index contributed by atoms with van der Waals surface area (Å²) in [6.07, 6.45) is 1.15. The van der Waals surface area contributed by atoms with E-state index in [4.69, 9.17) is 12.2 Å². The van der Waals surface area contributed by atoms with Gasteiger partial charge in [0.1, 0.15) is 0 Å². The molecule has 1 aromatic carbocycles. The second kappa shape index (κ2) is 7.40. The molecule has 0 saturated carbocycles. The van der Waals surface area contributed by atoms with Crippen LogP contribution in [0.25, 0.3) is 0 Å². The first kappa shape index (κ1) is 16.5. The molecule has 0 amide bonds. The second-order valence-electron chi connectivity index (χ2n) is 5.64. The van der Waals surface area contributed by atoms with Gasteiger partial charge in [0.15, 0.2) is 5.11 Å². The monoisotopic (exact) mass is 316 g/mol. The van der Waals surface area contributed by atoms with E-state index in [1.807, 2.05) is 18.7 Å². The van der Waals surface area contributed by atoms with Gasteiger partial charge in [-0.25, -0.2) is 0 Å². The van der Waals surface area contributed by atoms with Gasteiger partial charge in [0.05, 0.1) is 12.2 Å². The third-order valence-electron chi connectivity index (χ3n) is 3.94. The van der Waals surface area contributed by atoms with E-state index in [9.17, 15) is 0 Å². The van der Waals surface area contributed by atoms with Crippen LogP contribution in [0.1, 0.15) is 43.1 Å². The van der Waals surface area contributed by atoms with E-state index in [0.29, 0.717) is 17.6 Å². The smallest absolute Gasteiger partial charge is 0.171 e. The van der Waals surface area contributed by atoms with Gasteiger partial charge in [-0.1, -0.05) is 26.0 Å². The number of aryl methyl sites for hydroxylation is 2. The minimum absolute atomic E-state index is 0.589. The molecule has 5 heteroatoms. The molecule has 0 saturated heterocycles.